The topological polar surface area (TPSA) is 35.5 Å². The molecule has 0 amide bonds. The van der Waals surface area contributed by atoms with Crippen molar-refractivity contribution in [3.8, 4) is 5.75 Å². The molecule has 1 aromatic carbocycles. The van der Waals surface area contributed by atoms with Crippen molar-refractivity contribution in [1.82, 2.24) is 0 Å². The van der Waals surface area contributed by atoms with Crippen molar-refractivity contribution in [3.05, 3.63) is 52.3 Å². The first-order valence-electron chi connectivity index (χ1n) is 9.22. The maximum absolute atomic E-state index is 11.6. The van der Waals surface area contributed by atoms with Crippen LogP contribution in [0.5, 0.6) is 5.75 Å². The van der Waals surface area contributed by atoms with Crippen molar-refractivity contribution >= 4 is 5.97 Å². The molecule has 1 aromatic rings. The molecular weight excluding hydrogens is 312 g/mol. The molecule has 3 aliphatic carbocycles. The Balaban J connectivity index is 1.69. The van der Waals surface area contributed by atoms with Gasteiger partial charge < -0.3 is 9.47 Å². The third kappa shape index (κ3) is 2.44. The quantitative estimate of drug-likeness (QED) is 0.718. The van der Waals surface area contributed by atoms with Crippen LogP contribution in [0.15, 0.2) is 41.2 Å². The van der Waals surface area contributed by atoms with Crippen LogP contribution in [0, 0.1) is 11.3 Å². The van der Waals surface area contributed by atoms with Gasteiger partial charge >= 0.3 is 5.97 Å². The Bertz CT molecular complexity index is 801. The normalized spacial score (nSPS) is 30.2. The number of hydrogen-bond acceptors (Lipinski definition) is 3. The number of esters is 1. The van der Waals surface area contributed by atoms with Gasteiger partial charge in [-0.3, -0.25) is 4.79 Å². The number of methoxy groups -OCH3 is 1. The molecule has 4 rings (SSSR count). The first-order valence-corrected chi connectivity index (χ1v) is 9.22. The van der Waals surface area contributed by atoms with Crippen LogP contribution in [0.3, 0.4) is 0 Å². The van der Waals surface area contributed by atoms with Crippen LogP contribution in [0.25, 0.3) is 0 Å². The van der Waals surface area contributed by atoms with Gasteiger partial charge in [-0.2, -0.15) is 0 Å². The first kappa shape index (κ1) is 16.4. The SMILES string of the molecule is COc1ccc2c(c1)CCC1C3=CC(C)=C(OC(C)=O)[C@@]3(C)CCC21. The van der Waals surface area contributed by atoms with Crippen LogP contribution in [-0.2, 0) is 16.0 Å². The zero-order chi connectivity index (χ0) is 17.8. The first-order chi connectivity index (χ1) is 11.9. The molecule has 1 saturated carbocycles. The third-order valence-electron chi connectivity index (χ3n) is 6.43. The number of fused-ring (bicyclic) bond motifs is 5. The lowest BCUT2D eigenvalue weighted by atomic mass is 9.58. The van der Waals surface area contributed by atoms with Gasteiger partial charge in [0.1, 0.15) is 11.5 Å². The molecule has 3 aliphatic rings. The largest absolute Gasteiger partial charge is 0.497 e. The van der Waals surface area contributed by atoms with Gasteiger partial charge in [0.25, 0.3) is 0 Å². The molecule has 132 valence electrons. The predicted molar refractivity (Wildman–Crippen MR) is 97.4 cm³/mol. The summed E-state index contributed by atoms with van der Waals surface area (Å²) in [4.78, 5) is 11.6. The van der Waals surface area contributed by atoms with Gasteiger partial charge in [0, 0.05) is 12.3 Å². The van der Waals surface area contributed by atoms with Gasteiger partial charge in [-0.05, 0) is 80.2 Å². The molecule has 2 unspecified atom stereocenters. The number of hydrogen-bond donors (Lipinski definition) is 0. The number of carbonyl (C=O) groups excluding carboxylic acids is 1. The number of aryl methyl sites for hydroxylation is 1. The second kappa shape index (κ2) is 5.76. The lowest BCUT2D eigenvalue weighted by Gasteiger charge is -2.46. The van der Waals surface area contributed by atoms with Crippen molar-refractivity contribution < 1.29 is 14.3 Å². The summed E-state index contributed by atoms with van der Waals surface area (Å²) in [5.74, 6) is 2.73. The molecule has 0 N–H and O–H groups in total. The smallest absolute Gasteiger partial charge is 0.307 e. The predicted octanol–water partition coefficient (Wildman–Crippen LogP) is 4.92. The highest BCUT2D eigenvalue weighted by molar-refractivity contribution is 5.68. The Morgan fingerprint density at radius 1 is 1.24 bits per heavy atom. The van der Waals surface area contributed by atoms with E-state index in [0.717, 1.165) is 42.8 Å². The molecular formula is C22H26O3. The highest BCUT2D eigenvalue weighted by atomic mass is 16.5. The zero-order valence-electron chi connectivity index (χ0n) is 15.5. The number of carbonyl (C=O) groups is 1. The van der Waals surface area contributed by atoms with E-state index in [4.69, 9.17) is 9.47 Å². The van der Waals surface area contributed by atoms with Crippen molar-refractivity contribution in [3.63, 3.8) is 0 Å². The van der Waals surface area contributed by atoms with Gasteiger partial charge in [0.15, 0.2) is 0 Å². The number of allylic oxidation sites excluding steroid dienone is 3. The summed E-state index contributed by atoms with van der Waals surface area (Å²) < 4.78 is 11.0. The Morgan fingerprint density at radius 3 is 2.76 bits per heavy atom. The van der Waals surface area contributed by atoms with E-state index in [2.05, 4.69) is 38.1 Å². The Labute approximate surface area is 149 Å². The summed E-state index contributed by atoms with van der Waals surface area (Å²) in [5, 5.41) is 0. The molecule has 0 aliphatic heterocycles. The molecule has 3 heteroatoms. The standard InChI is InChI=1S/C22H26O3/c1-13-11-20-19-7-5-15-12-16(24-4)6-8-17(15)18(19)9-10-22(20,3)21(13)25-14(2)23/h6,8,11-12,18-19H,5,7,9-10H2,1-4H3/t18?,19?,22-/m0/s1. The van der Waals surface area contributed by atoms with Gasteiger partial charge in [0.05, 0.1) is 7.11 Å². The molecule has 0 saturated heterocycles. The zero-order valence-corrected chi connectivity index (χ0v) is 15.5. The summed E-state index contributed by atoms with van der Waals surface area (Å²) in [6.07, 6.45) is 6.71. The molecule has 3 atom stereocenters. The summed E-state index contributed by atoms with van der Waals surface area (Å²) in [6.45, 7) is 5.83. The highest BCUT2D eigenvalue weighted by Gasteiger charge is 2.50. The van der Waals surface area contributed by atoms with Crippen LogP contribution in [0.1, 0.15) is 57.1 Å². The van der Waals surface area contributed by atoms with Gasteiger partial charge in [-0.1, -0.05) is 17.7 Å². The van der Waals surface area contributed by atoms with E-state index in [0.29, 0.717) is 11.8 Å². The van der Waals surface area contributed by atoms with E-state index in [9.17, 15) is 4.79 Å². The van der Waals surface area contributed by atoms with Crippen LogP contribution < -0.4 is 4.74 Å². The summed E-state index contributed by atoms with van der Waals surface area (Å²) in [6, 6.07) is 6.55. The van der Waals surface area contributed by atoms with E-state index in [-0.39, 0.29) is 11.4 Å². The average Bonchev–Trinajstić information content (AvgIpc) is 2.85. The molecule has 0 radical (unpaired) electrons. The maximum Gasteiger partial charge on any atom is 0.307 e. The van der Waals surface area contributed by atoms with Crippen molar-refractivity contribution in [1.29, 1.82) is 0 Å². The van der Waals surface area contributed by atoms with Gasteiger partial charge in [-0.25, -0.2) is 0 Å². The fourth-order valence-corrected chi connectivity index (χ4v) is 5.32. The van der Waals surface area contributed by atoms with Crippen LogP contribution >= 0.6 is 0 Å². The molecule has 1 fully saturated rings. The Morgan fingerprint density at radius 2 is 2.04 bits per heavy atom. The third-order valence-corrected chi connectivity index (χ3v) is 6.43. The second-order valence-corrected chi connectivity index (χ2v) is 7.89. The Hall–Kier alpha value is -2.03. The maximum atomic E-state index is 11.6. The molecule has 25 heavy (non-hydrogen) atoms. The number of rotatable bonds is 2. The minimum Gasteiger partial charge on any atom is -0.497 e. The van der Waals surface area contributed by atoms with Crippen LogP contribution in [0.4, 0.5) is 0 Å². The van der Waals surface area contributed by atoms with Crippen molar-refractivity contribution in [2.45, 2.75) is 52.4 Å². The lowest BCUT2D eigenvalue weighted by molar-refractivity contribution is -0.138. The summed E-state index contributed by atoms with van der Waals surface area (Å²) in [7, 11) is 1.73. The molecule has 0 heterocycles. The van der Waals surface area contributed by atoms with Crippen LogP contribution in [0.2, 0.25) is 0 Å². The average molecular weight is 338 g/mol. The number of benzene rings is 1. The Kier molecular flexibility index (Phi) is 3.78. The molecule has 0 spiro atoms. The highest BCUT2D eigenvalue weighted by Crippen LogP contribution is 2.60. The van der Waals surface area contributed by atoms with E-state index in [1.807, 2.05) is 0 Å². The lowest BCUT2D eigenvalue weighted by Crippen LogP contribution is -2.36. The minimum atomic E-state index is -0.214. The summed E-state index contributed by atoms with van der Waals surface area (Å²) in [5.41, 5.74) is 5.40. The second-order valence-electron chi connectivity index (χ2n) is 7.89. The van der Waals surface area contributed by atoms with Crippen molar-refractivity contribution in [2.24, 2.45) is 11.3 Å². The fourth-order valence-electron chi connectivity index (χ4n) is 5.32. The van der Waals surface area contributed by atoms with E-state index in [1.54, 1.807) is 7.11 Å². The van der Waals surface area contributed by atoms with Gasteiger partial charge in [0.2, 0.25) is 0 Å². The minimum absolute atomic E-state index is 0.110. The van der Waals surface area contributed by atoms with E-state index >= 15 is 0 Å². The van der Waals surface area contributed by atoms with E-state index in [1.165, 1.54) is 23.6 Å². The van der Waals surface area contributed by atoms with Crippen molar-refractivity contribution in [2.75, 3.05) is 7.11 Å². The van der Waals surface area contributed by atoms with Gasteiger partial charge in [-0.15, -0.1) is 0 Å². The molecule has 0 aromatic heterocycles. The number of ether oxygens (including phenoxy) is 2. The van der Waals surface area contributed by atoms with E-state index < -0.39 is 0 Å². The monoisotopic (exact) mass is 338 g/mol. The fraction of sp³-hybridized carbons (Fsp3) is 0.500. The summed E-state index contributed by atoms with van der Waals surface area (Å²) >= 11 is 0. The molecule has 3 nitrogen and oxygen atoms in total. The van der Waals surface area contributed by atoms with Crippen LogP contribution in [-0.4, -0.2) is 13.1 Å². The molecule has 0 bridgehead atoms.